The van der Waals surface area contributed by atoms with Crippen molar-refractivity contribution in [3.05, 3.63) is 50.4 Å². The second-order valence-corrected chi connectivity index (χ2v) is 6.36. The zero-order chi connectivity index (χ0) is 14.4. The summed E-state index contributed by atoms with van der Waals surface area (Å²) in [4.78, 5) is 17.0. The summed E-state index contributed by atoms with van der Waals surface area (Å²) >= 11 is 4.95. The highest BCUT2D eigenvalue weighted by Gasteiger charge is 2.07. The van der Waals surface area contributed by atoms with Crippen LogP contribution >= 0.6 is 27.3 Å². The molecule has 6 heteroatoms. The number of hydrogen-bond acceptors (Lipinski definition) is 4. The van der Waals surface area contributed by atoms with Gasteiger partial charge in [-0.3, -0.25) is 9.78 Å². The maximum Gasteiger partial charge on any atom is 0.253 e. The van der Waals surface area contributed by atoms with E-state index in [1.54, 1.807) is 23.6 Å². The number of aromatic nitrogens is 1. The highest BCUT2D eigenvalue weighted by atomic mass is 79.9. The molecule has 1 amide bonds. The van der Waals surface area contributed by atoms with E-state index in [9.17, 15) is 4.79 Å². The molecule has 0 fully saturated rings. The molecule has 0 radical (unpaired) electrons. The van der Waals surface area contributed by atoms with Gasteiger partial charge < -0.3 is 10.4 Å². The van der Waals surface area contributed by atoms with E-state index < -0.39 is 0 Å². The molecule has 0 saturated carbocycles. The average Bonchev–Trinajstić information content (AvgIpc) is 2.88. The molecule has 0 aliphatic carbocycles. The second kappa shape index (κ2) is 7.20. The third kappa shape index (κ3) is 4.17. The Hall–Kier alpha value is -1.68. The van der Waals surface area contributed by atoms with Gasteiger partial charge in [0.05, 0.1) is 15.9 Å². The minimum Gasteiger partial charge on any atom is -0.384 e. The van der Waals surface area contributed by atoms with Crippen molar-refractivity contribution < 1.29 is 9.90 Å². The quantitative estimate of drug-likeness (QED) is 0.834. The van der Waals surface area contributed by atoms with Crippen molar-refractivity contribution in [1.29, 1.82) is 0 Å². The normalized spacial score (nSPS) is 9.70. The predicted molar refractivity (Wildman–Crippen MR) is 81.4 cm³/mol. The molecular formula is C14H11BrN2O2S. The summed E-state index contributed by atoms with van der Waals surface area (Å²) < 4.78 is 1.03. The summed E-state index contributed by atoms with van der Waals surface area (Å²) in [7, 11) is 0. The van der Waals surface area contributed by atoms with Crippen molar-refractivity contribution in [3.8, 4) is 11.8 Å². The number of aliphatic hydroxyl groups is 1. The highest BCUT2D eigenvalue weighted by Crippen LogP contribution is 2.21. The van der Waals surface area contributed by atoms with Gasteiger partial charge in [-0.2, -0.15) is 0 Å². The van der Waals surface area contributed by atoms with Gasteiger partial charge in [0.2, 0.25) is 0 Å². The molecule has 0 aliphatic heterocycles. The number of carbonyl (C=O) groups is 1. The van der Waals surface area contributed by atoms with Gasteiger partial charge in [-0.05, 0) is 34.1 Å². The van der Waals surface area contributed by atoms with Crippen molar-refractivity contribution in [2.45, 2.75) is 6.54 Å². The molecule has 2 N–H and O–H groups in total. The molecule has 102 valence electrons. The van der Waals surface area contributed by atoms with Gasteiger partial charge in [0, 0.05) is 22.8 Å². The van der Waals surface area contributed by atoms with Crippen LogP contribution in [-0.2, 0) is 6.54 Å². The van der Waals surface area contributed by atoms with Crippen LogP contribution in [0.15, 0.2) is 34.4 Å². The number of pyridine rings is 1. The van der Waals surface area contributed by atoms with Gasteiger partial charge in [0.15, 0.2) is 0 Å². The Morgan fingerprint density at radius 3 is 3.00 bits per heavy atom. The lowest BCUT2D eigenvalue weighted by molar-refractivity contribution is 0.0951. The summed E-state index contributed by atoms with van der Waals surface area (Å²) in [5.41, 5.74) is 1.05. The first-order valence-corrected chi connectivity index (χ1v) is 7.37. The number of amides is 1. The molecule has 0 atom stereocenters. The van der Waals surface area contributed by atoms with Gasteiger partial charge >= 0.3 is 0 Å². The van der Waals surface area contributed by atoms with Gasteiger partial charge in [0.1, 0.15) is 6.61 Å². The van der Waals surface area contributed by atoms with Crippen LogP contribution < -0.4 is 5.32 Å². The van der Waals surface area contributed by atoms with Gasteiger partial charge in [-0.1, -0.05) is 11.8 Å². The first-order valence-electron chi connectivity index (χ1n) is 5.76. The van der Waals surface area contributed by atoms with Crippen LogP contribution in [0.5, 0.6) is 0 Å². The number of aliphatic hydroxyl groups excluding tert-OH is 1. The van der Waals surface area contributed by atoms with Crippen LogP contribution in [0.3, 0.4) is 0 Å². The summed E-state index contributed by atoms with van der Waals surface area (Å²) in [6.45, 7) is 0.255. The van der Waals surface area contributed by atoms with Gasteiger partial charge in [-0.25, -0.2) is 0 Å². The Bertz CT molecular complexity index is 673. The third-order valence-electron chi connectivity index (χ3n) is 2.36. The molecule has 0 aromatic carbocycles. The molecule has 2 aromatic heterocycles. The molecular weight excluding hydrogens is 340 g/mol. The fourth-order valence-electron chi connectivity index (χ4n) is 1.49. The van der Waals surface area contributed by atoms with Gasteiger partial charge in [-0.15, -0.1) is 11.3 Å². The Morgan fingerprint density at radius 1 is 1.45 bits per heavy atom. The lowest BCUT2D eigenvalue weighted by Gasteiger charge is -2.03. The van der Waals surface area contributed by atoms with E-state index in [1.165, 1.54) is 6.20 Å². The monoisotopic (exact) mass is 350 g/mol. The smallest absolute Gasteiger partial charge is 0.253 e. The Kier molecular flexibility index (Phi) is 5.30. The number of nitrogens with one attached hydrogen (secondary N) is 1. The Morgan fingerprint density at radius 2 is 2.30 bits per heavy atom. The summed E-state index contributed by atoms with van der Waals surface area (Å²) in [6, 6.07) is 5.55. The number of thiophene rings is 1. The summed E-state index contributed by atoms with van der Waals surface area (Å²) in [5.74, 6) is 5.04. The first kappa shape index (κ1) is 14.7. The SMILES string of the molecule is O=C(NCc1ccc(Br)s1)c1cncc(C#CCO)c1. The van der Waals surface area contributed by atoms with E-state index in [0.29, 0.717) is 17.7 Å². The maximum absolute atomic E-state index is 12.0. The molecule has 0 saturated heterocycles. The number of halogens is 1. The zero-order valence-corrected chi connectivity index (χ0v) is 12.8. The van der Waals surface area contributed by atoms with Crippen molar-refractivity contribution in [2.75, 3.05) is 6.61 Å². The second-order valence-electron chi connectivity index (χ2n) is 3.81. The molecule has 0 spiro atoms. The molecule has 4 nitrogen and oxygen atoms in total. The molecule has 0 bridgehead atoms. The van der Waals surface area contributed by atoms with E-state index in [4.69, 9.17) is 5.11 Å². The molecule has 0 unspecified atom stereocenters. The lowest BCUT2D eigenvalue weighted by Crippen LogP contribution is -2.22. The fourth-order valence-corrected chi connectivity index (χ4v) is 2.91. The van der Waals surface area contributed by atoms with Crippen molar-refractivity contribution in [2.24, 2.45) is 0 Å². The predicted octanol–water partition coefficient (Wildman–Crippen LogP) is 2.18. The van der Waals surface area contributed by atoms with Crippen LogP contribution in [0, 0.1) is 11.8 Å². The average molecular weight is 351 g/mol. The van der Waals surface area contributed by atoms with Crippen LogP contribution in [0.2, 0.25) is 0 Å². The van der Waals surface area contributed by atoms with Crippen LogP contribution in [0.25, 0.3) is 0 Å². The van der Waals surface area contributed by atoms with Crippen molar-refractivity contribution >= 4 is 33.2 Å². The van der Waals surface area contributed by atoms with E-state index in [-0.39, 0.29) is 12.5 Å². The minimum atomic E-state index is -0.219. The van der Waals surface area contributed by atoms with Crippen LogP contribution in [0.4, 0.5) is 0 Å². The molecule has 2 aromatic rings. The minimum absolute atomic E-state index is 0.199. The summed E-state index contributed by atoms with van der Waals surface area (Å²) in [6.07, 6.45) is 3.04. The van der Waals surface area contributed by atoms with Crippen molar-refractivity contribution in [3.63, 3.8) is 0 Å². The molecule has 0 aliphatic rings. The topological polar surface area (TPSA) is 62.2 Å². The van der Waals surface area contributed by atoms with E-state index >= 15 is 0 Å². The first-order chi connectivity index (χ1) is 9.69. The number of hydrogen-bond donors (Lipinski definition) is 2. The lowest BCUT2D eigenvalue weighted by atomic mass is 10.2. The largest absolute Gasteiger partial charge is 0.384 e. The van der Waals surface area contributed by atoms with Crippen LogP contribution in [-0.4, -0.2) is 22.6 Å². The molecule has 2 heterocycles. The molecule has 2 rings (SSSR count). The maximum atomic E-state index is 12.0. The zero-order valence-electron chi connectivity index (χ0n) is 10.4. The highest BCUT2D eigenvalue weighted by molar-refractivity contribution is 9.11. The number of carbonyl (C=O) groups excluding carboxylic acids is 1. The number of rotatable bonds is 3. The Balaban J connectivity index is 2.01. The fraction of sp³-hybridized carbons (Fsp3) is 0.143. The van der Waals surface area contributed by atoms with E-state index in [2.05, 4.69) is 38.1 Å². The van der Waals surface area contributed by atoms with Gasteiger partial charge in [0.25, 0.3) is 5.91 Å². The van der Waals surface area contributed by atoms with E-state index in [0.717, 1.165) is 8.66 Å². The van der Waals surface area contributed by atoms with E-state index in [1.807, 2.05) is 12.1 Å². The summed E-state index contributed by atoms with van der Waals surface area (Å²) in [5, 5.41) is 11.5. The Labute approximate surface area is 129 Å². The standard InChI is InChI=1S/C14H11BrN2O2S/c15-13-4-3-12(20-13)9-17-14(19)11-6-10(2-1-5-18)7-16-8-11/h3-4,6-8,18H,5,9H2,(H,17,19). The molecule has 20 heavy (non-hydrogen) atoms. The third-order valence-corrected chi connectivity index (χ3v) is 3.99. The van der Waals surface area contributed by atoms with Crippen LogP contribution in [0.1, 0.15) is 20.8 Å². The van der Waals surface area contributed by atoms with Crippen molar-refractivity contribution in [1.82, 2.24) is 10.3 Å². The number of nitrogens with zero attached hydrogens (tertiary/aromatic N) is 1.